The summed E-state index contributed by atoms with van der Waals surface area (Å²) in [5, 5.41) is 32.7. The maximum atomic E-state index is 12.6. The molecule has 8 heteroatoms. The average Bonchev–Trinajstić information content (AvgIpc) is 3.02. The summed E-state index contributed by atoms with van der Waals surface area (Å²) in [6.45, 7) is 0.191. The lowest BCUT2D eigenvalue weighted by molar-refractivity contribution is -0.0535. The number of hydrogen-bond acceptors (Lipinski definition) is 7. The Morgan fingerprint density at radius 2 is 2.08 bits per heavy atom. The molecule has 1 unspecified atom stereocenters. The van der Waals surface area contributed by atoms with Crippen LogP contribution in [-0.4, -0.2) is 59.5 Å². The van der Waals surface area contributed by atoms with E-state index < -0.39 is 30.3 Å². The lowest BCUT2D eigenvalue weighted by atomic mass is 9.78. The van der Waals surface area contributed by atoms with E-state index in [4.69, 9.17) is 14.2 Å². The highest BCUT2D eigenvalue weighted by molar-refractivity contribution is 6.06. The van der Waals surface area contributed by atoms with Crippen LogP contribution in [0.1, 0.15) is 21.5 Å². The molecule has 0 saturated heterocycles. The molecular weight excluding hydrogens is 318 g/mol. The molecule has 4 rings (SSSR count). The Morgan fingerprint density at radius 3 is 2.83 bits per heavy atom. The van der Waals surface area contributed by atoms with E-state index in [0.29, 0.717) is 33.8 Å². The van der Waals surface area contributed by atoms with Crippen molar-refractivity contribution < 1.29 is 34.3 Å². The van der Waals surface area contributed by atoms with Crippen LogP contribution in [-0.2, 0) is 11.3 Å². The first-order chi connectivity index (χ1) is 11.5. The van der Waals surface area contributed by atoms with Crippen LogP contribution in [0.25, 0.3) is 5.57 Å². The van der Waals surface area contributed by atoms with Crippen molar-refractivity contribution >= 4 is 11.5 Å². The summed E-state index contributed by atoms with van der Waals surface area (Å²) >= 11 is 0. The Hall–Kier alpha value is -2.13. The Balaban J connectivity index is 1.95. The van der Waals surface area contributed by atoms with E-state index in [9.17, 15) is 20.1 Å². The zero-order chi connectivity index (χ0) is 17.0. The standard InChI is InChI=1S/C16H17NO7/c1-22-4-8-11-6(3-10-15(8)24-5-23-10)7-2-9(18)13(19)14(20)12(7)17-16(11)21/h2-3,9,12-14,18-20H,4-5H2,1H3,(H,17,21)/t9-,12+,13?,14-/m0/s1. The number of nitrogens with one attached hydrogen (secondary N) is 1. The maximum absolute atomic E-state index is 12.6. The van der Waals surface area contributed by atoms with E-state index in [2.05, 4.69) is 5.32 Å². The number of rotatable bonds is 2. The summed E-state index contributed by atoms with van der Waals surface area (Å²) in [6.07, 6.45) is -2.47. The second kappa shape index (κ2) is 5.45. The Kier molecular flexibility index (Phi) is 3.50. The third-order valence-electron chi connectivity index (χ3n) is 4.60. The fraction of sp³-hybridized carbons (Fsp3) is 0.438. The summed E-state index contributed by atoms with van der Waals surface area (Å²) in [5.74, 6) is 0.534. The van der Waals surface area contributed by atoms with Crippen LogP contribution in [0, 0.1) is 0 Å². The number of benzene rings is 1. The van der Waals surface area contributed by atoms with Crippen molar-refractivity contribution in [3.63, 3.8) is 0 Å². The maximum Gasteiger partial charge on any atom is 0.252 e. The average molecular weight is 335 g/mol. The van der Waals surface area contributed by atoms with Crippen molar-refractivity contribution in [2.45, 2.75) is 31.0 Å². The number of ether oxygens (including phenoxy) is 3. The Bertz CT molecular complexity index is 744. The Labute approximate surface area is 137 Å². The van der Waals surface area contributed by atoms with Crippen molar-refractivity contribution in [1.29, 1.82) is 0 Å². The number of methoxy groups -OCH3 is 1. The minimum atomic E-state index is -1.37. The molecule has 2 heterocycles. The molecule has 128 valence electrons. The van der Waals surface area contributed by atoms with Crippen LogP contribution in [0.4, 0.5) is 0 Å². The van der Waals surface area contributed by atoms with E-state index in [1.807, 2.05) is 0 Å². The number of carbonyl (C=O) groups is 1. The van der Waals surface area contributed by atoms with Crippen LogP contribution in [0.15, 0.2) is 12.1 Å². The predicted molar refractivity (Wildman–Crippen MR) is 80.5 cm³/mol. The van der Waals surface area contributed by atoms with Crippen LogP contribution >= 0.6 is 0 Å². The van der Waals surface area contributed by atoms with Crippen LogP contribution in [0.3, 0.4) is 0 Å². The fourth-order valence-electron chi connectivity index (χ4n) is 3.48. The molecule has 8 nitrogen and oxygen atoms in total. The van der Waals surface area contributed by atoms with Gasteiger partial charge in [-0.2, -0.15) is 0 Å². The van der Waals surface area contributed by atoms with Gasteiger partial charge in [-0.1, -0.05) is 0 Å². The molecule has 0 spiro atoms. The van der Waals surface area contributed by atoms with Crippen molar-refractivity contribution in [2.24, 2.45) is 0 Å². The number of aliphatic hydroxyl groups excluding tert-OH is 3. The van der Waals surface area contributed by atoms with Crippen LogP contribution in [0.5, 0.6) is 11.5 Å². The second-order valence-corrected chi connectivity index (χ2v) is 5.99. The predicted octanol–water partition coefficient (Wildman–Crippen LogP) is -0.847. The van der Waals surface area contributed by atoms with Crippen LogP contribution < -0.4 is 14.8 Å². The molecule has 24 heavy (non-hydrogen) atoms. The van der Waals surface area contributed by atoms with Gasteiger partial charge >= 0.3 is 0 Å². The van der Waals surface area contributed by atoms with Gasteiger partial charge in [-0.3, -0.25) is 4.79 Å². The van der Waals surface area contributed by atoms with Crippen molar-refractivity contribution in [3.8, 4) is 11.5 Å². The van der Waals surface area contributed by atoms with Gasteiger partial charge in [0.15, 0.2) is 11.5 Å². The summed E-state index contributed by atoms with van der Waals surface area (Å²) in [4.78, 5) is 12.6. The molecule has 1 aromatic rings. The third kappa shape index (κ3) is 2.04. The molecule has 4 atom stereocenters. The fourth-order valence-corrected chi connectivity index (χ4v) is 3.48. The summed E-state index contributed by atoms with van der Waals surface area (Å²) in [6, 6.07) is 0.852. The van der Waals surface area contributed by atoms with E-state index in [0.717, 1.165) is 0 Å². The molecule has 1 amide bonds. The molecule has 1 aromatic carbocycles. The summed E-state index contributed by atoms with van der Waals surface area (Å²) < 4.78 is 16.1. The molecule has 4 N–H and O–H groups in total. The van der Waals surface area contributed by atoms with Gasteiger partial charge in [-0.25, -0.2) is 0 Å². The van der Waals surface area contributed by atoms with E-state index in [1.54, 1.807) is 6.07 Å². The van der Waals surface area contributed by atoms with Gasteiger partial charge in [0, 0.05) is 12.7 Å². The van der Waals surface area contributed by atoms with Gasteiger partial charge in [0.05, 0.1) is 18.2 Å². The summed E-state index contributed by atoms with van der Waals surface area (Å²) in [7, 11) is 1.51. The number of fused-ring (bicyclic) bond motifs is 4. The zero-order valence-electron chi connectivity index (χ0n) is 12.9. The Morgan fingerprint density at radius 1 is 1.29 bits per heavy atom. The molecule has 0 aromatic heterocycles. The lowest BCUT2D eigenvalue weighted by Gasteiger charge is -2.39. The number of aliphatic hydroxyl groups is 3. The molecule has 3 aliphatic rings. The number of hydrogen-bond donors (Lipinski definition) is 4. The minimum absolute atomic E-state index is 0.0446. The van der Waals surface area contributed by atoms with Gasteiger partial charge in [0.1, 0.15) is 18.3 Å². The largest absolute Gasteiger partial charge is 0.454 e. The number of carbonyl (C=O) groups excluding carboxylic acids is 1. The van der Waals surface area contributed by atoms with Gasteiger partial charge in [-0.15, -0.1) is 0 Å². The highest BCUT2D eigenvalue weighted by Gasteiger charge is 2.44. The first-order valence-corrected chi connectivity index (χ1v) is 7.54. The number of amides is 1. The highest BCUT2D eigenvalue weighted by atomic mass is 16.7. The molecule has 1 aliphatic carbocycles. The molecule has 0 bridgehead atoms. The first kappa shape index (κ1) is 15.4. The van der Waals surface area contributed by atoms with E-state index in [1.165, 1.54) is 13.2 Å². The van der Waals surface area contributed by atoms with E-state index in [-0.39, 0.29) is 13.4 Å². The van der Waals surface area contributed by atoms with Crippen molar-refractivity contribution in [2.75, 3.05) is 13.9 Å². The molecular formula is C16H17NO7. The summed E-state index contributed by atoms with van der Waals surface area (Å²) in [5.41, 5.74) is 1.98. The zero-order valence-corrected chi connectivity index (χ0v) is 12.9. The smallest absolute Gasteiger partial charge is 0.252 e. The minimum Gasteiger partial charge on any atom is -0.454 e. The van der Waals surface area contributed by atoms with Gasteiger partial charge in [0.25, 0.3) is 5.91 Å². The van der Waals surface area contributed by atoms with Crippen molar-refractivity contribution in [1.82, 2.24) is 5.32 Å². The SMILES string of the molecule is COCc1c2c(cc3c1C(=O)N[C@@H]1C3=C[C@H](O)C(O)[C@H]1O)OCO2. The molecule has 0 saturated carbocycles. The van der Waals surface area contributed by atoms with Gasteiger partial charge in [-0.05, 0) is 23.3 Å². The molecule has 0 fully saturated rings. The topological polar surface area (TPSA) is 117 Å². The molecule has 0 radical (unpaired) electrons. The van der Waals surface area contributed by atoms with Crippen LogP contribution in [0.2, 0.25) is 0 Å². The third-order valence-corrected chi connectivity index (χ3v) is 4.60. The monoisotopic (exact) mass is 335 g/mol. The molecule has 2 aliphatic heterocycles. The van der Waals surface area contributed by atoms with Gasteiger partial charge in [0.2, 0.25) is 6.79 Å². The van der Waals surface area contributed by atoms with E-state index >= 15 is 0 Å². The van der Waals surface area contributed by atoms with Gasteiger partial charge < -0.3 is 34.8 Å². The second-order valence-electron chi connectivity index (χ2n) is 5.99. The van der Waals surface area contributed by atoms with Crippen molar-refractivity contribution in [3.05, 3.63) is 28.8 Å². The normalized spacial score (nSPS) is 30.3. The first-order valence-electron chi connectivity index (χ1n) is 7.54. The lowest BCUT2D eigenvalue weighted by Crippen LogP contribution is -2.57. The highest BCUT2D eigenvalue weighted by Crippen LogP contribution is 2.45. The quantitative estimate of drug-likeness (QED) is 0.556.